The number of carbonyl (C=O) groups is 1. The van der Waals surface area contributed by atoms with Crippen LogP contribution in [0.1, 0.15) is 44.9 Å². The number of ether oxygens (including phenoxy) is 1. The molecule has 4 heterocycles. The van der Waals surface area contributed by atoms with Gasteiger partial charge >= 0.3 is 0 Å². The molecule has 0 saturated carbocycles. The van der Waals surface area contributed by atoms with Gasteiger partial charge in [0.05, 0.1) is 12.1 Å². The zero-order chi connectivity index (χ0) is 19.2. The fraction of sp³-hybridized carbons (Fsp3) is 0.762. The predicted molar refractivity (Wildman–Crippen MR) is 108 cm³/mol. The molecule has 3 aliphatic heterocycles. The van der Waals surface area contributed by atoms with E-state index in [0.717, 1.165) is 83.7 Å². The molecular formula is C21H33N5O2. The van der Waals surface area contributed by atoms with E-state index in [1.807, 2.05) is 0 Å². The zero-order valence-electron chi connectivity index (χ0n) is 16.8. The van der Waals surface area contributed by atoms with E-state index >= 15 is 0 Å². The summed E-state index contributed by atoms with van der Waals surface area (Å²) in [5.41, 5.74) is 0. The van der Waals surface area contributed by atoms with Crippen molar-refractivity contribution in [1.82, 2.24) is 19.8 Å². The van der Waals surface area contributed by atoms with Crippen LogP contribution in [0, 0.1) is 5.92 Å². The first-order valence-corrected chi connectivity index (χ1v) is 10.9. The monoisotopic (exact) mass is 387 g/mol. The van der Waals surface area contributed by atoms with Gasteiger partial charge in [-0.2, -0.15) is 0 Å². The first kappa shape index (κ1) is 19.6. The Balaban J connectivity index is 1.46. The van der Waals surface area contributed by atoms with Gasteiger partial charge in [-0.15, -0.1) is 0 Å². The minimum absolute atomic E-state index is 0.106. The lowest BCUT2D eigenvalue weighted by atomic mass is 9.98. The molecule has 0 spiro atoms. The lowest BCUT2D eigenvalue weighted by Gasteiger charge is -2.37. The van der Waals surface area contributed by atoms with Crippen molar-refractivity contribution in [1.29, 1.82) is 0 Å². The lowest BCUT2D eigenvalue weighted by Crippen LogP contribution is -2.48. The van der Waals surface area contributed by atoms with E-state index in [4.69, 9.17) is 4.74 Å². The molecule has 154 valence electrons. The molecule has 28 heavy (non-hydrogen) atoms. The third-order valence-corrected chi connectivity index (χ3v) is 6.41. The molecule has 7 heteroatoms. The van der Waals surface area contributed by atoms with Crippen LogP contribution in [0.25, 0.3) is 0 Å². The highest BCUT2D eigenvalue weighted by Gasteiger charge is 2.34. The van der Waals surface area contributed by atoms with Crippen LogP contribution in [-0.4, -0.2) is 77.2 Å². The van der Waals surface area contributed by atoms with Gasteiger partial charge in [0, 0.05) is 63.9 Å². The topological polar surface area (TPSA) is 70.6 Å². The van der Waals surface area contributed by atoms with E-state index < -0.39 is 0 Å². The smallest absolute Gasteiger partial charge is 0.226 e. The van der Waals surface area contributed by atoms with Crippen molar-refractivity contribution in [3.05, 3.63) is 18.6 Å². The van der Waals surface area contributed by atoms with Gasteiger partial charge in [-0.3, -0.25) is 14.7 Å². The van der Waals surface area contributed by atoms with Crippen LogP contribution in [-0.2, 0) is 9.53 Å². The maximum absolute atomic E-state index is 13.2. The van der Waals surface area contributed by atoms with Gasteiger partial charge in [-0.05, 0) is 44.9 Å². The van der Waals surface area contributed by atoms with Crippen LogP contribution in [0.4, 0.5) is 5.82 Å². The van der Waals surface area contributed by atoms with E-state index in [0.29, 0.717) is 18.0 Å². The summed E-state index contributed by atoms with van der Waals surface area (Å²) in [6, 6.07) is 0.799. The minimum Gasteiger partial charge on any atom is -0.381 e. The fourth-order valence-electron chi connectivity index (χ4n) is 4.85. The van der Waals surface area contributed by atoms with Gasteiger partial charge < -0.3 is 15.0 Å². The minimum atomic E-state index is 0.106. The molecule has 3 fully saturated rings. The van der Waals surface area contributed by atoms with Crippen molar-refractivity contribution in [2.45, 2.75) is 57.0 Å². The molecule has 4 rings (SSSR count). The van der Waals surface area contributed by atoms with Gasteiger partial charge in [-0.1, -0.05) is 0 Å². The number of carbonyl (C=O) groups excluding carboxylic acids is 1. The largest absolute Gasteiger partial charge is 0.381 e. The Labute approximate surface area is 167 Å². The van der Waals surface area contributed by atoms with Gasteiger partial charge in [0.2, 0.25) is 5.91 Å². The van der Waals surface area contributed by atoms with Crippen LogP contribution in [0.2, 0.25) is 0 Å². The zero-order valence-corrected chi connectivity index (χ0v) is 16.8. The number of amides is 1. The number of anilines is 1. The summed E-state index contributed by atoms with van der Waals surface area (Å²) in [5.74, 6) is 1.30. The Morgan fingerprint density at radius 3 is 2.61 bits per heavy atom. The molecule has 0 aromatic carbocycles. The third kappa shape index (κ3) is 5.00. The highest BCUT2D eigenvalue weighted by molar-refractivity contribution is 5.79. The molecule has 0 radical (unpaired) electrons. The number of hydrogen-bond acceptors (Lipinski definition) is 6. The summed E-state index contributed by atoms with van der Waals surface area (Å²) in [6.45, 7) is 5.35. The highest BCUT2D eigenvalue weighted by Crippen LogP contribution is 2.26. The van der Waals surface area contributed by atoms with Crippen molar-refractivity contribution in [3.8, 4) is 0 Å². The Hall–Kier alpha value is -1.73. The molecule has 3 saturated heterocycles. The number of aromatic nitrogens is 2. The Kier molecular flexibility index (Phi) is 6.75. The fourth-order valence-corrected chi connectivity index (χ4v) is 4.85. The van der Waals surface area contributed by atoms with Crippen molar-refractivity contribution in [2.75, 3.05) is 44.7 Å². The number of nitrogens with zero attached hydrogens (tertiary/aromatic N) is 4. The normalized spacial score (nSPS) is 27.9. The van der Waals surface area contributed by atoms with E-state index in [-0.39, 0.29) is 5.92 Å². The van der Waals surface area contributed by atoms with Gasteiger partial charge in [-0.25, -0.2) is 4.98 Å². The van der Waals surface area contributed by atoms with Crippen LogP contribution in [0.3, 0.4) is 0 Å². The SMILES string of the molecule is O=C([C@@H]1CC[C@H](Nc2cnccn2)CN(C2CCOCC2)C1)N1CCCCC1. The molecule has 1 amide bonds. The third-order valence-electron chi connectivity index (χ3n) is 6.41. The summed E-state index contributed by atoms with van der Waals surface area (Å²) < 4.78 is 5.58. The number of piperidine rings is 1. The lowest BCUT2D eigenvalue weighted by molar-refractivity contribution is -0.137. The Morgan fingerprint density at radius 1 is 1.04 bits per heavy atom. The van der Waals surface area contributed by atoms with E-state index in [1.54, 1.807) is 18.6 Å². The van der Waals surface area contributed by atoms with Crippen molar-refractivity contribution in [2.24, 2.45) is 5.92 Å². The van der Waals surface area contributed by atoms with Gasteiger partial charge in [0.1, 0.15) is 5.82 Å². The molecule has 0 unspecified atom stereocenters. The van der Waals surface area contributed by atoms with E-state index in [2.05, 4.69) is 25.1 Å². The van der Waals surface area contributed by atoms with Crippen LogP contribution >= 0.6 is 0 Å². The molecular weight excluding hydrogens is 354 g/mol. The number of likely N-dealkylation sites (tertiary alicyclic amines) is 2. The molecule has 2 atom stereocenters. The second-order valence-electron chi connectivity index (χ2n) is 8.39. The maximum atomic E-state index is 13.2. The van der Waals surface area contributed by atoms with Crippen molar-refractivity contribution < 1.29 is 9.53 Å². The average Bonchev–Trinajstić information content (AvgIpc) is 2.98. The predicted octanol–water partition coefficient (Wildman–Crippen LogP) is 2.16. The quantitative estimate of drug-likeness (QED) is 0.854. The summed E-state index contributed by atoms with van der Waals surface area (Å²) in [6.07, 6.45) is 12.8. The number of rotatable bonds is 4. The van der Waals surface area contributed by atoms with Gasteiger partial charge in [0.25, 0.3) is 0 Å². The highest BCUT2D eigenvalue weighted by atomic mass is 16.5. The summed E-state index contributed by atoms with van der Waals surface area (Å²) in [7, 11) is 0. The van der Waals surface area contributed by atoms with E-state index in [9.17, 15) is 4.79 Å². The maximum Gasteiger partial charge on any atom is 0.226 e. The van der Waals surface area contributed by atoms with Gasteiger partial charge in [0.15, 0.2) is 0 Å². The van der Waals surface area contributed by atoms with E-state index in [1.165, 1.54) is 6.42 Å². The number of hydrogen-bond donors (Lipinski definition) is 1. The number of nitrogens with one attached hydrogen (secondary N) is 1. The first-order valence-electron chi connectivity index (χ1n) is 10.9. The average molecular weight is 388 g/mol. The molecule has 0 bridgehead atoms. The van der Waals surface area contributed by atoms with Crippen molar-refractivity contribution >= 4 is 11.7 Å². The second kappa shape index (κ2) is 9.65. The van der Waals surface area contributed by atoms with Crippen LogP contribution < -0.4 is 5.32 Å². The Morgan fingerprint density at radius 2 is 1.86 bits per heavy atom. The molecule has 1 aromatic rings. The van der Waals surface area contributed by atoms with Crippen LogP contribution in [0.15, 0.2) is 18.6 Å². The molecule has 1 aromatic heterocycles. The summed E-state index contributed by atoms with van der Waals surface area (Å²) >= 11 is 0. The molecule has 7 nitrogen and oxygen atoms in total. The molecule has 1 N–H and O–H groups in total. The molecule has 3 aliphatic rings. The molecule has 0 aliphatic carbocycles. The summed E-state index contributed by atoms with van der Waals surface area (Å²) in [5, 5.41) is 3.56. The first-order chi connectivity index (χ1) is 13.8. The second-order valence-corrected chi connectivity index (χ2v) is 8.39. The standard InChI is InChI=1S/C21H33N5O2/c27-21(25-10-2-1-3-11-25)17-4-5-18(24-20-14-22-8-9-23-20)16-26(15-17)19-6-12-28-13-7-19/h8-9,14,17-19H,1-7,10-13,15-16H2,(H,23,24)/t17-,18+/m1/s1. The summed E-state index contributed by atoms with van der Waals surface area (Å²) in [4.78, 5) is 26.5. The Bertz CT molecular complexity index is 616. The van der Waals surface area contributed by atoms with Crippen molar-refractivity contribution in [3.63, 3.8) is 0 Å². The van der Waals surface area contributed by atoms with Crippen LogP contribution in [0.5, 0.6) is 0 Å².